The van der Waals surface area contributed by atoms with Crippen molar-refractivity contribution >= 4 is 28.6 Å². The van der Waals surface area contributed by atoms with Gasteiger partial charge in [-0.2, -0.15) is 0 Å². The van der Waals surface area contributed by atoms with Gasteiger partial charge in [0.2, 0.25) is 0 Å². The topological polar surface area (TPSA) is 81.5 Å². The molecule has 0 radical (unpaired) electrons. The van der Waals surface area contributed by atoms with Crippen molar-refractivity contribution in [3.05, 3.63) is 111 Å². The second kappa shape index (κ2) is 9.23. The number of ether oxygens (including phenoxy) is 1. The summed E-state index contributed by atoms with van der Waals surface area (Å²) in [5.41, 5.74) is 3.80. The molecule has 4 rings (SSSR count). The highest BCUT2D eigenvalue weighted by atomic mass is 32.1. The Labute approximate surface area is 182 Å². The van der Waals surface area contributed by atoms with Crippen molar-refractivity contribution in [2.45, 2.75) is 6.61 Å². The van der Waals surface area contributed by atoms with Crippen LogP contribution in [-0.4, -0.2) is 10.8 Å². The molecule has 0 aliphatic carbocycles. The molecule has 31 heavy (non-hydrogen) atoms. The predicted octanol–water partition coefficient (Wildman–Crippen LogP) is 6.15. The first-order valence-corrected chi connectivity index (χ1v) is 10.4. The Balaban J connectivity index is 1.34. The van der Waals surface area contributed by atoms with E-state index in [1.165, 1.54) is 23.5 Å². The van der Waals surface area contributed by atoms with E-state index in [0.717, 1.165) is 22.4 Å². The molecule has 1 aromatic heterocycles. The lowest BCUT2D eigenvalue weighted by Crippen LogP contribution is -2.10. The van der Waals surface area contributed by atoms with Gasteiger partial charge in [-0.25, -0.2) is 0 Å². The molecule has 1 heterocycles. The maximum Gasteiger partial charge on any atom is 0.269 e. The predicted molar refractivity (Wildman–Crippen MR) is 122 cm³/mol. The van der Waals surface area contributed by atoms with Gasteiger partial charge in [-0.3, -0.25) is 14.9 Å². The molecular formula is C24H18N2O4S. The van der Waals surface area contributed by atoms with Crippen LogP contribution in [0.25, 0.3) is 11.1 Å². The number of anilines is 1. The molecule has 3 aromatic carbocycles. The average Bonchev–Trinajstić information content (AvgIpc) is 3.28. The van der Waals surface area contributed by atoms with E-state index >= 15 is 0 Å². The van der Waals surface area contributed by atoms with Crippen molar-refractivity contribution in [1.29, 1.82) is 0 Å². The number of hydrogen-bond donors (Lipinski definition) is 1. The van der Waals surface area contributed by atoms with Crippen LogP contribution in [-0.2, 0) is 6.61 Å². The molecule has 0 bridgehead atoms. The highest BCUT2D eigenvalue weighted by Gasteiger charge is 2.11. The first kappa shape index (κ1) is 20.3. The standard InChI is InChI=1S/C24H18N2O4S/c27-24(25-20-8-6-19(7-9-20)18-4-2-1-3-5-18)23-14-17(16-31-23)15-30-22-12-10-21(11-13-22)26(28)29/h1-14,16H,15H2,(H,25,27). The smallest absolute Gasteiger partial charge is 0.269 e. The Hall–Kier alpha value is -3.97. The SMILES string of the molecule is O=C(Nc1ccc(-c2ccccc2)cc1)c1cc(COc2ccc([N+](=O)[O-])cc2)cs1. The van der Waals surface area contributed by atoms with Gasteiger partial charge in [0.05, 0.1) is 9.80 Å². The van der Waals surface area contributed by atoms with Gasteiger partial charge in [0, 0.05) is 23.4 Å². The number of hydrogen-bond acceptors (Lipinski definition) is 5. The van der Waals surface area contributed by atoms with Gasteiger partial charge in [0.15, 0.2) is 0 Å². The van der Waals surface area contributed by atoms with E-state index in [9.17, 15) is 14.9 Å². The molecule has 0 saturated heterocycles. The lowest BCUT2D eigenvalue weighted by atomic mass is 10.1. The van der Waals surface area contributed by atoms with Crippen LogP contribution in [0.1, 0.15) is 15.2 Å². The van der Waals surface area contributed by atoms with Gasteiger partial charge in [-0.15, -0.1) is 11.3 Å². The molecule has 1 N–H and O–H groups in total. The Bertz CT molecular complexity index is 1190. The minimum atomic E-state index is -0.456. The third-order valence-corrected chi connectivity index (χ3v) is 5.56. The molecule has 0 fully saturated rings. The maximum atomic E-state index is 12.6. The number of carbonyl (C=O) groups excluding carboxylic acids is 1. The van der Waals surface area contributed by atoms with Crippen LogP contribution in [0.5, 0.6) is 5.75 Å². The fourth-order valence-corrected chi connectivity index (χ4v) is 3.76. The lowest BCUT2D eigenvalue weighted by Gasteiger charge is -2.06. The number of carbonyl (C=O) groups is 1. The van der Waals surface area contributed by atoms with Gasteiger partial charge in [0.1, 0.15) is 12.4 Å². The number of nitrogens with one attached hydrogen (secondary N) is 1. The van der Waals surface area contributed by atoms with Crippen LogP contribution >= 0.6 is 11.3 Å². The minimum absolute atomic E-state index is 0.0126. The molecule has 4 aromatic rings. The van der Waals surface area contributed by atoms with E-state index in [-0.39, 0.29) is 18.2 Å². The molecule has 0 unspecified atom stereocenters. The highest BCUT2D eigenvalue weighted by molar-refractivity contribution is 7.12. The maximum absolute atomic E-state index is 12.6. The zero-order valence-electron chi connectivity index (χ0n) is 16.4. The van der Waals surface area contributed by atoms with E-state index in [4.69, 9.17) is 4.74 Å². The molecule has 154 valence electrons. The summed E-state index contributed by atoms with van der Waals surface area (Å²) in [5, 5.41) is 15.5. The third-order valence-electron chi connectivity index (χ3n) is 4.58. The van der Waals surface area contributed by atoms with E-state index in [0.29, 0.717) is 10.6 Å². The van der Waals surface area contributed by atoms with Gasteiger partial charge in [-0.1, -0.05) is 42.5 Å². The van der Waals surface area contributed by atoms with Crippen LogP contribution in [0.2, 0.25) is 0 Å². The molecule has 6 nitrogen and oxygen atoms in total. The zero-order valence-corrected chi connectivity index (χ0v) is 17.2. The molecule has 0 spiro atoms. The van der Waals surface area contributed by atoms with E-state index < -0.39 is 4.92 Å². The van der Waals surface area contributed by atoms with Crippen molar-refractivity contribution in [2.24, 2.45) is 0 Å². The summed E-state index contributed by atoms with van der Waals surface area (Å²) >= 11 is 1.34. The van der Waals surface area contributed by atoms with Gasteiger partial charge < -0.3 is 10.1 Å². The highest BCUT2D eigenvalue weighted by Crippen LogP contribution is 2.23. The number of benzene rings is 3. The van der Waals surface area contributed by atoms with E-state index in [1.54, 1.807) is 18.2 Å². The number of rotatable bonds is 7. The van der Waals surface area contributed by atoms with Crippen molar-refractivity contribution in [2.75, 3.05) is 5.32 Å². The van der Waals surface area contributed by atoms with E-state index in [1.807, 2.05) is 60.0 Å². The molecule has 0 aliphatic heterocycles. The fraction of sp³-hybridized carbons (Fsp3) is 0.0417. The number of thiophene rings is 1. The van der Waals surface area contributed by atoms with Crippen molar-refractivity contribution in [1.82, 2.24) is 0 Å². The number of nitro benzene ring substituents is 1. The van der Waals surface area contributed by atoms with Gasteiger partial charge in [0.25, 0.3) is 11.6 Å². The third kappa shape index (κ3) is 5.15. The zero-order chi connectivity index (χ0) is 21.6. The Kier molecular flexibility index (Phi) is 6.05. The molecular weight excluding hydrogens is 412 g/mol. The number of nitrogens with zero attached hydrogens (tertiary/aromatic N) is 1. The van der Waals surface area contributed by atoms with Crippen molar-refractivity contribution in [3.8, 4) is 16.9 Å². The first-order valence-electron chi connectivity index (χ1n) is 9.50. The Morgan fingerprint density at radius 1 is 0.935 bits per heavy atom. The van der Waals surface area contributed by atoms with E-state index in [2.05, 4.69) is 5.32 Å². The molecule has 0 atom stereocenters. The van der Waals surface area contributed by atoms with Crippen molar-refractivity contribution in [3.63, 3.8) is 0 Å². The summed E-state index contributed by atoms with van der Waals surface area (Å²) in [6.45, 7) is 0.271. The second-order valence-corrected chi connectivity index (χ2v) is 7.67. The number of nitro groups is 1. The van der Waals surface area contributed by atoms with Crippen LogP contribution in [0.15, 0.2) is 90.3 Å². The Morgan fingerprint density at radius 3 is 2.29 bits per heavy atom. The van der Waals surface area contributed by atoms with Gasteiger partial charge in [-0.05, 0) is 46.8 Å². The summed E-state index contributed by atoms with van der Waals surface area (Å²) in [4.78, 5) is 23.4. The molecule has 0 saturated carbocycles. The first-order chi connectivity index (χ1) is 15.1. The lowest BCUT2D eigenvalue weighted by molar-refractivity contribution is -0.384. The average molecular weight is 430 g/mol. The van der Waals surface area contributed by atoms with Crippen molar-refractivity contribution < 1.29 is 14.5 Å². The summed E-state index contributed by atoms with van der Waals surface area (Å²) in [7, 11) is 0. The van der Waals surface area contributed by atoms with Crippen LogP contribution in [0, 0.1) is 10.1 Å². The summed E-state index contributed by atoms with van der Waals surface area (Å²) in [6, 6.07) is 25.4. The van der Waals surface area contributed by atoms with Crippen LogP contribution in [0.3, 0.4) is 0 Å². The summed E-state index contributed by atoms with van der Waals surface area (Å²) in [6.07, 6.45) is 0. The van der Waals surface area contributed by atoms with Crippen LogP contribution in [0.4, 0.5) is 11.4 Å². The normalized spacial score (nSPS) is 10.5. The Morgan fingerprint density at radius 2 is 1.61 bits per heavy atom. The second-order valence-electron chi connectivity index (χ2n) is 6.76. The summed E-state index contributed by atoms with van der Waals surface area (Å²) < 4.78 is 5.65. The fourth-order valence-electron chi connectivity index (χ4n) is 2.97. The summed E-state index contributed by atoms with van der Waals surface area (Å²) in [5.74, 6) is 0.348. The van der Waals surface area contributed by atoms with Crippen LogP contribution < -0.4 is 10.1 Å². The quantitative estimate of drug-likeness (QED) is 0.281. The molecule has 0 aliphatic rings. The largest absolute Gasteiger partial charge is 0.489 e. The monoisotopic (exact) mass is 430 g/mol. The molecule has 1 amide bonds. The van der Waals surface area contributed by atoms with Gasteiger partial charge >= 0.3 is 0 Å². The minimum Gasteiger partial charge on any atom is -0.489 e. The number of non-ortho nitro benzene ring substituents is 1. The number of amides is 1. The molecule has 7 heteroatoms.